The van der Waals surface area contributed by atoms with Crippen molar-refractivity contribution in [3.05, 3.63) is 23.2 Å². The Kier molecular flexibility index (Phi) is 2.88. The summed E-state index contributed by atoms with van der Waals surface area (Å²) in [4.78, 5) is 13.6. The highest BCUT2D eigenvalue weighted by Gasteiger charge is 2.17. The minimum atomic E-state index is 0.411. The maximum absolute atomic E-state index is 5.58. The molecule has 0 saturated heterocycles. The monoisotopic (exact) mass is 276 g/mol. The molecule has 2 N–H and O–H groups in total. The summed E-state index contributed by atoms with van der Waals surface area (Å²) in [6, 6.07) is 0. The lowest BCUT2D eigenvalue weighted by atomic mass is 10.4. The molecule has 0 saturated carbocycles. The van der Waals surface area contributed by atoms with Gasteiger partial charge in [0.1, 0.15) is 15.6 Å². The van der Waals surface area contributed by atoms with Crippen LogP contribution in [0.25, 0.3) is 22.3 Å². The van der Waals surface area contributed by atoms with Gasteiger partial charge in [0.2, 0.25) is 5.82 Å². The SMILES string of the molecule is Cc1nc(CN)sc1-c1nc(-c2cncn2C)no1. The van der Waals surface area contributed by atoms with Crippen LogP contribution >= 0.6 is 11.3 Å². The minimum absolute atomic E-state index is 0.411. The van der Waals surface area contributed by atoms with Crippen LogP contribution in [0.1, 0.15) is 10.7 Å². The van der Waals surface area contributed by atoms with Crippen molar-refractivity contribution < 1.29 is 4.52 Å². The molecular formula is C11H12N6OS. The Labute approximate surface area is 113 Å². The molecule has 0 spiro atoms. The molecular weight excluding hydrogens is 264 g/mol. The summed E-state index contributed by atoms with van der Waals surface area (Å²) in [5.41, 5.74) is 7.24. The summed E-state index contributed by atoms with van der Waals surface area (Å²) in [6.07, 6.45) is 3.38. The molecule has 0 aromatic carbocycles. The molecule has 0 atom stereocenters. The average Bonchev–Trinajstić information content (AvgIpc) is 3.07. The zero-order valence-electron chi connectivity index (χ0n) is 10.5. The van der Waals surface area contributed by atoms with Gasteiger partial charge in [0.15, 0.2) is 0 Å². The smallest absolute Gasteiger partial charge is 0.270 e. The zero-order valence-corrected chi connectivity index (χ0v) is 11.3. The molecule has 0 amide bonds. The second-order valence-electron chi connectivity index (χ2n) is 4.04. The molecule has 0 aliphatic carbocycles. The van der Waals surface area contributed by atoms with Gasteiger partial charge in [-0.2, -0.15) is 4.98 Å². The molecule has 3 rings (SSSR count). The number of thiazole rings is 1. The Morgan fingerprint density at radius 3 is 2.89 bits per heavy atom. The highest BCUT2D eigenvalue weighted by atomic mass is 32.1. The summed E-state index contributed by atoms with van der Waals surface area (Å²) in [5.74, 6) is 0.975. The van der Waals surface area contributed by atoms with E-state index in [1.54, 1.807) is 12.5 Å². The molecule has 19 heavy (non-hydrogen) atoms. The molecule has 3 heterocycles. The molecule has 0 aliphatic heterocycles. The molecule has 0 fully saturated rings. The zero-order chi connectivity index (χ0) is 13.4. The van der Waals surface area contributed by atoms with Gasteiger partial charge >= 0.3 is 0 Å². The molecule has 98 valence electrons. The molecule has 3 aromatic heterocycles. The standard InChI is InChI=1S/C11H12N6OS/c1-6-9(19-8(3-12)14-6)11-15-10(16-18-11)7-4-13-5-17(7)2/h4-5H,3,12H2,1-2H3. The van der Waals surface area contributed by atoms with Crippen LogP contribution in [0, 0.1) is 6.92 Å². The first-order valence-corrected chi connectivity index (χ1v) is 6.48. The van der Waals surface area contributed by atoms with Gasteiger partial charge in [-0.3, -0.25) is 0 Å². The summed E-state index contributed by atoms with van der Waals surface area (Å²) in [6.45, 7) is 2.31. The van der Waals surface area contributed by atoms with Crippen LogP contribution in [0.2, 0.25) is 0 Å². The fraction of sp³-hybridized carbons (Fsp3) is 0.273. The fourth-order valence-corrected chi connectivity index (χ4v) is 2.60. The molecule has 8 heteroatoms. The van der Waals surface area contributed by atoms with Gasteiger partial charge in [-0.15, -0.1) is 11.3 Å². The topological polar surface area (TPSA) is 95.7 Å². The first-order chi connectivity index (χ1) is 9.19. The maximum atomic E-state index is 5.58. The minimum Gasteiger partial charge on any atom is -0.333 e. The third-order valence-electron chi connectivity index (χ3n) is 2.68. The van der Waals surface area contributed by atoms with Crippen molar-refractivity contribution in [1.29, 1.82) is 0 Å². The van der Waals surface area contributed by atoms with Crippen LogP contribution in [-0.4, -0.2) is 24.7 Å². The highest BCUT2D eigenvalue weighted by Crippen LogP contribution is 2.29. The quantitative estimate of drug-likeness (QED) is 0.776. The molecule has 3 aromatic rings. The number of nitrogens with zero attached hydrogens (tertiary/aromatic N) is 5. The van der Waals surface area contributed by atoms with E-state index in [1.807, 2.05) is 18.5 Å². The van der Waals surface area contributed by atoms with Crippen molar-refractivity contribution in [3.63, 3.8) is 0 Å². The van der Waals surface area contributed by atoms with Crippen molar-refractivity contribution in [2.24, 2.45) is 12.8 Å². The average molecular weight is 276 g/mol. The lowest BCUT2D eigenvalue weighted by Crippen LogP contribution is -1.94. The predicted molar refractivity (Wildman–Crippen MR) is 70.2 cm³/mol. The molecule has 0 radical (unpaired) electrons. The lowest BCUT2D eigenvalue weighted by molar-refractivity contribution is 0.432. The van der Waals surface area contributed by atoms with Gasteiger partial charge in [0, 0.05) is 13.6 Å². The number of hydrogen-bond donors (Lipinski definition) is 1. The molecule has 0 bridgehead atoms. The van der Waals surface area contributed by atoms with Crippen molar-refractivity contribution >= 4 is 11.3 Å². The second-order valence-corrected chi connectivity index (χ2v) is 5.12. The summed E-state index contributed by atoms with van der Waals surface area (Å²) < 4.78 is 7.13. The van der Waals surface area contributed by atoms with E-state index in [1.165, 1.54) is 11.3 Å². The first-order valence-electron chi connectivity index (χ1n) is 5.66. The lowest BCUT2D eigenvalue weighted by Gasteiger charge is -1.93. The van der Waals surface area contributed by atoms with Gasteiger partial charge in [-0.1, -0.05) is 5.16 Å². The summed E-state index contributed by atoms with van der Waals surface area (Å²) in [5, 5.41) is 4.83. The van der Waals surface area contributed by atoms with Crippen LogP contribution in [0.4, 0.5) is 0 Å². The van der Waals surface area contributed by atoms with E-state index in [9.17, 15) is 0 Å². The van der Waals surface area contributed by atoms with Gasteiger partial charge in [-0.05, 0) is 6.92 Å². The van der Waals surface area contributed by atoms with Crippen molar-refractivity contribution in [2.75, 3.05) is 0 Å². The van der Waals surface area contributed by atoms with Crippen LogP contribution in [-0.2, 0) is 13.6 Å². The van der Waals surface area contributed by atoms with Crippen LogP contribution in [0.5, 0.6) is 0 Å². The highest BCUT2D eigenvalue weighted by molar-refractivity contribution is 7.15. The van der Waals surface area contributed by atoms with E-state index in [2.05, 4.69) is 20.1 Å². The Bertz CT molecular complexity index is 712. The third kappa shape index (κ3) is 2.04. The van der Waals surface area contributed by atoms with Crippen molar-refractivity contribution in [2.45, 2.75) is 13.5 Å². The van der Waals surface area contributed by atoms with E-state index >= 15 is 0 Å². The number of rotatable bonds is 3. The molecule has 7 nitrogen and oxygen atoms in total. The number of imidazole rings is 1. The van der Waals surface area contributed by atoms with Crippen LogP contribution < -0.4 is 5.73 Å². The van der Waals surface area contributed by atoms with Crippen molar-refractivity contribution in [3.8, 4) is 22.3 Å². The Morgan fingerprint density at radius 2 is 2.26 bits per heavy atom. The predicted octanol–water partition coefficient (Wildman–Crippen LogP) is 1.36. The number of aryl methyl sites for hydroxylation is 2. The third-order valence-corrected chi connectivity index (χ3v) is 3.85. The normalized spacial score (nSPS) is 11.1. The van der Waals surface area contributed by atoms with E-state index in [0.717, 1.165) is 21.3 Å². The maximum Gasteiger partial charge on any atom is 0.270 e. The number of aromatic nitrogens is 5. The fourth-order valence-electron chi connectivity index (χ4n) is 1.73. The van der Waals surface area contributed by atoms with Gasteiger partial charge in [0.25, 0.3) is 5.89 Å². The second kappa shape index (κ2) is 4.56. The van der Waals surface area contributed by atoms with Crippen molar-refractivity contribution in [1.82, 2.24) is 24.7 Å². The van der Waals surface area contributed by atoms with E-state index in [4.69, 9.17) is 10.3 Å². The van der Waals surface area contributed by atoms with Gasteiger partial charge < -0.3 is 14.8 Å². The Balaban J connectivity index is 2.01. The van der Waals surface area contributed by atoms with E-state index in [-0.39, 0.29) is 0 Å². The van der Waals surface area contributed by atoms with Crippen LogP contribution in [0.15, 0.2) is 17.0 Å². The first kappa shape index (κ1) is 12.0. The Hall–Kier alpha value is -2.06. The molecule has 0 unspecified atom stereocenters. The van der Waals surface area contributed by atoms with E-state index in [0.29, 0.717) is 18.3 Å². The van der Waals surface area contributed by atoms with Gasteiger partial charge in [0.05, 0.1) is 18.2 Å². The number of hydrogen-bond acceptors (Lipinski definition) is 7. The van der Waals surface area contributed by atoms with Crippen LogP contribution in [0.3, 0.4) is 0 Å². The van der Waals surface area contributed by atoms with E-state index < -0.39 is 0 Å². The largest absolute Gasteiger partial charge is 0.333 e. The molecule has 0 aliphatic rings. The summed E-state index contributed by atoms with van der Waals surface area (Å²) >= 11 is 1.47. The Morgan fingerprint density at radius 1 is 1.42 bits per heavy atom. The van der Waals surface area contributed by atoms with Gasteiger partial charge in [-0.25, -0.2) is 9.97 Å². The number of nitrogens with two attached hydrogens (primary N) is 1. The summed E-state index contributed by atoms with van der Waals surface area (Å²) in [7, 11) is 1.88.